The van der Waals surface area contributed by atoms with Crippen LogP contribution in [-0.2, 0) is 4.79 Å². The van der Waals surface area contributed by atoms with Crippen molar-refractivity contribution in [2.75, 3.05) is 18.0 Å². The van der Waals surface area contributed by atoms with Gasteiger partial charge in [-0.2, -0.15) is 0 Å². The van der Waals surface area contributed by atoms with Crippen LogP contribution in [0.3, 0.4) is 0 Å². The average Bonchev–Trinajstić information content (AvgIpc) is 3.30. The van der Waals surface area contributed by atoms with E-state index in [1.807, 2.05) is 77.9 Å². The molecule has 0 bridgehead atoms. The first-order valence-corrected chi connectivity index (χ1v) is 12.2. The smallest absolute Gasteiger partial charge is 0.270 e. The lowest BCUT2D eigenvalue weighted by molar-refractivity contribution is -0.125. The Balaban J connectivity index is 1.37. The molecule has 3 heterocycles. The molecule has 2 aromatic carbocycles. The molecule has 0 aliphatic carbocycles. The van der Waals surface area contributed by atoms with Gasteiger partial charge in [0.05, 0.1) is 17.5 Å². The van der Waals surface area contributed by atoms with Crippen molar-refractivity contribution in [2.24, 2.45) is 5.92 Å². The molecule has 2 aromatic heterocycles. The minimum atomic E-state index is -0.151. The van der Waals surface area contributed by atoms with Gasteiger partial charge in [0.15, 0.2) is 0 Å². The van der Waals surface area contributed by atoms with Gasteiger partial charge in [-0.15, -0.1) is 11.3 Å². The molecule has 2 N–H and O–H groups in total. The number of nitrogens with zero attached hydrogens (tertiary/aromatic N) is 2. The summed E-state index contributed by atoms with van der Waals surface area (Å²) < 4.78 is 0.626. The Morgan fingerprint density at radius 1 is 1.15 bits per heavy atom. The van der Waals surface area contributed by atoms with E-state index in [1.165, 1.54) is 11.3 Å². The highest BCUT2D eigenvalue weighted by Crippen LogP contribution is 2.32. The highest BCUT2D eigenvalue weighted by Gasteiger charge is 2.28. The Morgan fingerprint density at radius 3 is 2.64 bits per heavy atom. The van der Waals surface area contributed by atoms with Gasteiger partial charge in [-0.05, 0) is 30.9 Å². The van der Waals surface area contributed by atoms with Gasteiger partial charge in [-0.3, -0.25) is 14.6 Å². The lowest BCUT2D eigenvalue weighted by Gasteiger charge is -2.33. The summed E-state index contributed by atoms with van der Waals surface area (Å²) in [5, 5.41) is 5.14. The minimum Gasteiger partial charge on any atom is -0.349 e. The zero-order valence-electron chi connectivity index (χ0n) is 18.5. The van der Waals surface area contributed by atoms with Gasteiger partial charge >= 0.3 is 0 Å². The first kappa shape index (κ1) is 21.4. The van der Waals surface area contributed by atoms with Gasteiger partial charge in [0, 0.05) is 24.0 Å². The third-order valence-corrected chi connectivity index (χ3v) is 7.22. The number of benzene rings is 2. The van der Waals surface area contributed by atoms with Crippen LogP contribution in [0, 0.1) is 5.92 Å². The number of aromatic nitrogens is 2. The molecule has 1 aliphatic heterocycles. The zero-order chi connectivity index (χ0) is 22.8. The van der Waals surface area contributed by atoms with Gasteiger partial charge in [-0.25, -0.2) is 4.98 Å². The maximum absolute atomic E-state index is 13.0. The van der Waals surface area contributed by atoms with Crippen molar-refractivity contribution in [3.05, 3.63) is 82.0 Å². The van der Waals surface area contributed by atoms with Crippen molar-refractivity contribution in [1.29, 1.82) is 0 Å². The first-order valence-electron chi connectivity index (χ1n) is 11.3. The molecule has 0 radical (unpaired) electrons. The summed E-state index contributed by atoms with van der Waals surface area (Å²) in [5.41, 5.74) is 3.67. The summed E-state index contributed by atoms with van der Waals surface area (Å²) in [6.45, 7) is 3.30. The number of hydrogen-bond acceptors (Lipinski definition) is 5. The minimum absolute atomic E-state index is 0.0417. The maximum Gasteiger partial charge on any atom is 0.270 e. The van der Waals surface area contributed by atoms with E-state index >= 15 is 0 Å². The van der Waals surface area contributed by atoms with Gasteiger partial charge < -0.3 is 10.2 Å². The molecule has 0 saturated carbocycles. The van der Waals surface area contributed by atoms with Gasteiger partial charge in [0.25, 0.3) is 5.56 Å². The number of hydrogen-bond donors (Lipinski definition) is 2. The summed E-state index contributed by atoms with van der Waals surface area (Å²) in [7, 11) is 0. The molecule has 4 aromatic rings. The molecule has 1 fully saturated rings. The van der Waals surface area contributed by atoms with E-state index in [0.29, 0.717) is 22.7 Å². The summed E-state index contributed by atoms with van der Waals surface area (Å²) in [4.78, 5) is 35.7. The highest BCUT2D eigenvalue weighted by molar-refractivity contribution is 7.17. The lowest BCUT2D eigenvalue weighted by Crippen LogP contribution is -2.44. The number of piperidine rings is 1. The molecular weight excluding hydrogens is 432 g/mol. The summed E-state index contributed by atoms with van der Waals surface area (Å²) >= 11 is 1.41. The number of fused-ring (bicyclic) bond motifs is 1. The number of carbonyl (C=O) groups is 1. The Kier molecular flexibility index (Phi) is 5.96. The average molecular weight is 459 g/mol. The number of thiophene rings is 1. The van der Waals surface area contributed by atoms with Crippen molar-refractivity contribution in [2.45, 2.75) is 25.8 Å². The molecule has 5 rings (SSSR count). The second-order valence-corrected chi connectivity index (χ2v) is 9.39. The Hall–Kier alpha value is -3.45. The van der Waals surface area contributed by atoms with Crippen molar-refractivity contribution in [3.63, 3.8) is 0 Å². The fraction of sp³-hybridized carbons (Fsp3) is 0.269. The number of anilines is 1. The van der Waals surface area contributed by atoms with Crippen LogP contribution < -0.4 is 15.8 Å². The Morgan fingerprint density at radius 2 is 1.88 bits per heavy atom. The lowest BCUT2D eigenvalue weighted by atomic mass is 9.96. The fourth-order valence-corrected chi connectivity index (χ4v) is 5.34. The monoisotopic (exact) mass is 458 g/mol. The molecule has 6 nitrogen and oxygen atoms in total. The number of amides is 1. The van der Waals surface area contributed by atoms with E-state index in [-0.39, 0.29) is 23.4 Å². The quantitative estimate of drug-likeness (QED) is 0.453. The van der Waals surface area contributed by atoms with Crippen LogP contribution in [0.1, 0.15) is 31.4 Å². The number of aromatic amines is 1. The molecule has 1 saturated heterocycles. The molecule has 33 heavy (non-hydrogen) atoms. The fourth-order valence-electron chi connectivity index (χ4n) is 4.43. The number of carbonyl (C=O) groups excluding carboxylic acids is 1. The van der Waals surface area contributed by atoms with Crippen molar-refractivity contribution in [3.8, 4) is 11.1 Å². The molecular formula is C26H26N4O2S. The van der Waals surface area contributed by atoms with Gasteiger partial charge in [0.2, 0.25) is 11.9 Å². The van der Waals surface area contributed by atoms with Gasteiger partial charge in [0.1, 0.15) is 4.70 Å². The van der Waals surface area contributed by atoms with Crippen LogP contribution in [0.25, 0.3) is 21.3 Å². The van der Waals surface area contributed by atoms with Crippen LogP contribution in [-0.4, -0.2) is 29.0 Å². The molecule has 0 spiro atoms. The predicted octanol–water partition coefficient (Wildman–Crippen LogP) is 4.75. The van der Waals surface area contributed by atoms with Crippen molar-refractivity contribution >= 4 is 33.4 Å². The van der Waals surface area contributed by atoms with E-state index in [2.05, 4.69) is 10.3 Å². The van der Waals surface area contributed by atoms with E-state index in [4.69, 9.17) is 4.98 Å². The van der Waals surface area contributed by atoms with E-state index in [0.717, 1.165) is 36.1 Å². The molecule has 1 aliphatic rings. The Labute approximate surface area is 196 Å². The van der Waals surface area contributed by atoms with Gasteiger partial charge in [-0.1, -0.05) is 60.7 Å². The topological polar surface area (TPSA) is 78.1 Å². The third kappa shape index (κ3) is 4.41. The molecule has 7 heteroatoms. The first-order chi connectivity index (χ1) is 16.1. The highest BCUT2D eigenvalue weighted by atomic mass is 32.1. The Bertz CT molecular complexity index is 1320. The van der Waals surface area contributed by atoms with Crippen LogP contribution in [0.4, 0.5) is 5.95 Å². The van der Waals surface area contributed by atoms with Crippen LogP contribution in [0.15, 0.2) is 70.8 Å². The molecule has 0 unspecified atom stereocenters. The second kappa shape index (κ2) is 9.19. The van der Waals surface area contributed by atoms with E-state index in [9.17, 15) is 9.59 Å². The molecule has 2 atom stereocenters. The molecule has 168 valence electrons. The SMILES string of the molecule is C[C@H](NC(=O)[C@@H]1CCCN(c2nc3c(-c4ccccc4)csc3c(=O)[nH]2)C1)c1ccccc1. The third-order valence-electron chi connectivity index (χ3n) is 6.25. The summed E-state index contributed by atoms with van der Waals surface area (Å²) in [5.74, 6) is 0.429. The van der Waals surface area contributed by atoms with Crippen LogP contribution in [0.2, 0.25) is 0 Å². The van der Waals surface area contributed by atoms with Crippen molar-refractivity contribution < 1.29 is 4.79 Å². The number of rotatable bonds is 5. The molecule has 1 amide bonds. The second-order valence-electron chi connectivity index (χ2n) is 8.51. The van der Waals surface area contributed by atoms with E-state index < -0.39 is 0 Å². The number of nitrogens with one attached hydrogen (secondary N) is 2. The predicted molar refractivity (Wildman–Crippen MR) is 134 cm³/mol. The summed E-state index contributed by atoms with van der Waals surface area (Å²) in [6, 6.07) is 19.9. The largest absolute Gasteiger partial charge is 0.349 e. The number of H-pyrrole nitrogens is 1. The van der Waals surface area contributed by atoms with Crippen LogP contribution >= 0.6 is 11.3 Å². The van der Waals surface area contributed by atoms with Crippen LogP contribution in [0.5, 0.6) is 0 Å². The maximum atomic E-state index is 13.0. The van der Waals surface area contributed by atoms with Crippen molar-refractivity contribution in [1.82, 2.24) is 15.3 Å². The van der Waals surface area contributed by atoms with E-state index in [1.54, 1.807) is 0 Å². The zero-order valence-corrected chi connectivity index (χ0v) is 19.3. The standard InChI is InChI=1S/C26H26N4O2S/c1-17(18-9-4-2-5-10-18)27-24(31)20-13-8-14-30(15-20)26-28-22-21(19-11-6-3-7-12-19)16-33-23(22)25(32)29-26/h2-7,9-12,16-17,20H,8,13-15H2,1H3,(H,27,31)(H,28,29,32)/t17-,20+/m0/s1. The summed E-state index contributed by atoms with van der Waals surface area (Å²) in [6.07, 6.45) is 1.69. The normalized spacial score (nSPS) is 17.1.